The van der Waals surface area contributed by atoms with Crippen LogP contribution in [0.25, 0.3) is 0 Å². The smallest absolute Gasteiger partial charge is 0.234 e. The highest BCUT2D eigenvalue weighted by Gasteiger charge is 2.30. The molecule has 0 aliphatic carbocycles. The Labute approximate surface area is 118 Å². The van der Waals surface area contributed by atoms with Crippen LogP contribution in [0.5, 0.6) is 5.75 Å². The van der Waals surface area contributed by atoms with Gasteiger partial charge in [0.05, 0.1) is 11.7 Å². The minimum Gasteiger partial charge on any atom is -0.489 e. The van der Waals surface area contributed by atoms with Gasteiger partial charge >= 0.3 is 0 Å². The zero-order chi connectivity index (χ0) is 14.5. The lowest BCUT2D eigenvalue weighted by atomic mass is 10.2. The molecule has 2 atom stereocenters. The first-order valence-corrected chi connectivity index (χ1v) is 6.76. The van der Waals surface area contributed by atoms with Crippen LogP contribution < -0.4 is 16.2 Å². The van der Waals surface area contributed by atoms with Crippen LogP contribution in [-0.2, 0) is 4.79 Å². The molecule has 0 bridgehead atoms. The number of nitrogen functional groups attached to an aromatic ring is 1. The van der Waals surface area contributed by atoms with Gasteiger partial charge in [-0.3, -0.25) is 9.69 Å². The highest BCUT2D eigenvalue weighted by atomic mass is 16.5. The summed E-state index contributed by atoms with van der Waals surface area (Å²) < 4.78 is 5.49. The maximum absolute atomic E-state index is 11.3. The van der Waals surface area contributed by atoms with E-state index in [0.717, 1.165) is 19.4 Å². The van der Waals surface area contributed by atoms with Crippen LogP contribution in [0.4, 0.5) is 5.69 Å². The van der Waals surface area contributed by atoms with Crippen molar-refractivity contribution in [1.82, 2.24) is 4.90 Å². The average molecular weight is 279 g/mol. The monoisotopic (exact) mass is 279 g/mol. The molecule has 1 aromatic rings. The number of primary amides is 1. The predicted octanol–water partition coefficient (Wildman–Crippen LogP) is -0.0418. The molecule has 0 spiro atoms. The molecular weight excluding hydrogens is 258 g/mol. The highest BCUT2D eigenvalue weighted by Crippen LogP contribution is 2.20. The van der Waals surface area contributed by atoms with Crippen LogP contribution in [0.15, 0.2) is 24.3 Å². The lowest BCUT2D eigenvalue weighted by Crippen LogP contribution is -2.44. The zero-order valence-corrected chi connectivity index (χ0v) is 11.4. The van der Waals surface area contributed by atoms with Gasteiger partial charge in [0.1, 0.15) is 18.5 Å². The van der Waals surface area contributed by atoms with E-state index in [0.29, 0.717) is 18.0 Å². The number of ether oxygens (including phenoxy) is 1. The number of aliphatic hydroxyl groups is 1. The second-order valence-corrected chi connectivity index (χ2v) is 5.06. The first kappa shape index (κ1) is 14.6. The number of hydrogen-bond acceptors (Lipinski definition) is 5. The van der Waals surface area contributed by atoms with E-state index in [1.54, 1.807) is 12.1 Å². The molecule has 110 valence electrons. The third kappa shape index (κ3) is 3.61. The van der Waals surface area contributed by atoms with E-state index in [9.17, 15) is 9.90 Å². The molecule has 1 heterocycles. The van der Waals surface area contributed by atoms with Crippen molar-refractivity contribution in [3.63, 3.8) is 0 Å². The van der Waals surface area contributed by atoms with Crippen LogP contribution in [0.1, 0.15) is 12.8 Å². The number of rotatable bonds is 6. The highest BCUT2D eigenvalue weighted by molar-refractivity contribution is 5.80. The summed E-state index contributed by atoms with van der Waals surface area (Å²) in [6.45, 7) is 1.29. The molecular formula is C14H21N3O3. The number of carbonyl (C=O) groups excluding carboxylic acids is 1. The standard InChI is InChI=1S/C14H21N3O3/c15-11-4-1-2-6-13(11)20-9-10(18)8-17-7-3-5-12(17)14(16)19/h1-2,4,6,10,12,18H,3,5,7-9,15H2,(H2,16,19). The van der Waals surface area contributed by atoms with Crippen molar-refractivity contribution in [3.05, 3.63) is 24.3 Å². The fraction of sp³-hybridized carbons (Fsp3) is 0.500. The lowest BCUT2D eigenvalue weighted by Gasteiger charge is -2.24. The first-order chi connectivity index (χ1) is 9.58. The molecule has 1 fully saturated rings. The summed E-state index contributed by atoms with van der Waals surface area (Å²) in [7, 11) is 0. The van der Waals surface area contributed by atoms with Gasteiger partial charge < -0.3 is 21.3 Å². The first-order valence-electron chi connectivity index (χ1n) is 6.76. The molecule has 0 radical (unpaired) electrons. The van der Waals surface area contributed by atoms with E-state index in [2.05, 4.69) is 0 Å². The van der Waals surface area contributed by atoms with Crippen molar-refractivity contribution in [2.24, 2.45) is 5.73 Å². The Hall–Kier alpha value is -1.79. The fourth-order valence-corrected chi connectivity index (χ4v) is 2.49. The van der Waals surface area contributed by atoms with Gasteiger partial charge in [-0.1, -0.05) is 12.1 Å². The van der Waals surface area contributed by atoms with E-state index in [1.165, 1.54) is 0 Å². The number of para-hydroxylation sites is 2. The van der Waals surface area contributed by atoms with E-state index >= 15 is 0 Å². The van der Waals surface area contributed by atoms with E-state index in [1.807, 2.05) is 17.0 Å². The van der Waals surface area contributed by atoms with Crippen LogP contribution in [0.3, 0.4) is 0 Å². The van der Waals surface area contributed by atoms with Gasteiger partial charge in [0, 0.05) is 6.54 Å². The molecule has 6 nitrogen and oxygen atoms in total. The van der Waals surface area contributed by atoms with E-state index in [-0.39, 0.29) is 18.6 Å². The summed E-state index contributed by atoms with van der Waals surface area (Å²) in [5, 5.41) is 10.0. The minimum atomic E-state index is -0.686. The SMILES string of the molecule is NC(=O)C1CCCN1CC(O)COc1ccccc1N. The number of nitrogens with zero attached hydrogens (tertiary/aromatic N) is 1. The van der Waals surface area contributed by atoms with Crippen LogP contribution in [0.2, 0.25) is 0 Å². The number of carbonyl (C=O) groups is 1. The Morgan fingerprint density at radius 1 is 1.50 bits per heavy atom. The van der Waals surface area contributed by atoms with Gasteiger partial charge in [-0.2, -0.15) is 0 Å². The van der Waals surface area contributed by atoms with E-state index < -0.39 is 6.10 Å². The van der Waals surface area contributed by atoms with Crippen molar-refractivity contribution in [1.29, 1.82) is 0 Å². The van der Waals surface area contributed by atoms with Gasteiger partial charge in [-0.05, 0) is 31.5 Å². The maximum atomic E-state index is 11.3. The van der Waals surface area contributed by atoms with Crippen LogP contribution in [-0.4, -0.2) is 47.8 Å². The molecule has 1 amide bonds. The average Bonchev–Trinajstić information content (AvgIpc) is 2.86. The molecule has 6 heteroatoms. The predicted molar refractivity (Wildman–Crippen MR) is 76.1 cm³/mol. The molecule has 0 saturated carbocycles. The van der Waals surface area contributed by atoms with Crippen molar-refractivity contribution >= 4 is 11.6 Å². The van der Waals surface area contributed by atoms with Gasteiger partial charge in [-0.15, -0.1) is 0 Å². The lowest BCUT2D eigenvalue weighted by molar-refractivity contribution is -0.122. The Morgan fingerprint density at radius 2 is 2.25 bits per heavy atom. The largest absolute Gasteiger partial charge is 0.489 e. The number of anilines is 1. The van der Waals surface area contributed by atoms with Gasteiger partial charge in [-0.25, -0.2) is 0 Å². The summed E-state index contributed by atoms with van der Waals surface area (Å²) >= 11 is 0. The maximum Gasteiger partial charge on any atom is 0.234 e. The van der Waals surface area contributed by atoms with Crippen molar-refractivity contribution in [2.75, 3.05) is 25.4 Å². The Morgan fingerprint density at radius 3 is 2.95 bits per heavy atom. The molecule has 5 N–H and O–H groups in total. The summed E-state index contributed by atoms with van der Waals surface area (Å²) in [4.78, 5) is 13.2. The third-order valence-electron chi connectivity index (χ3n) is 3.49. The molecule has 0 aromatic heterocycles. The number of amides is 1. The molecule has 1 aromatic carbocycles. The minimum absolute atomic E-state index is 0.135. The van der Waals surface area contributed by atoms with Crippen LogP contribution >= 0.6 is 0 Å². The normalized spacial score (nSPS) is 20.8. The number of aliphatic hydroxyl groups excluding tert-OH is 1. The van der Waals surface area contributed by atoms with Gasteiger partial charge in [0.2, 0.25) is 5.91 Å². The van der Waals surface area contributed by atoms with Crippen LogP contribution in [0, 0.1) is 0 Å². The second-order valence-electron chi connectivity index (χ2n) is 5.06. The molecule has 1 aliphatic rings. The Kier molecular flexibility index (Phi) is 4.81. The third-order valence-corrected chi connectivity index (χ3v) is 3.49. The Balaban J connectivity index is 1.82. The number of likely N-dealkylation sites (tertiary alicyclic amines) is 1. The van der Waals surface area contributed by atoms with Crippen molar-refractivity contribution < 1.29 is 14.6 Å². The summed E-state index contributed by atoms with van der Waals surface area (Å²) in [6, 6.07) is 6.86. The Bertz CT molecular complexity index is 467. The number of nitrogens with two attached hydrogens (primary N) is 2. The van der Waals surface area contributed by atoms with Gasteiger partial charge in [0.15, 0.2) is 0 Å². The van der Waals surface area contributed by atoms with E-state index in [4.69, 9.17) is 16.2 Å². The summed E-state index contributed by atoms with van der Waals surface area (Å²) in [5.41, 5.74) is 11.6. The topological polar surface area (TPSA) is 102 Å². The molecule has 2 rings (SSSR count). The molecule has 2 unspecified atom stereocenters. The number of hydrogen-bond donors (Lipinski definition) is 3. The fourth-order valence-electron chi connectivity index (χ4n) is 2.49. The number of benzene rings is 1. The van der Waals surface area contributed by atoms with Gasteiger partial charge in [0.25, 0.3) is 0 Å². The van der Waals surface area contributed by atoms with Crippen molar-refractivity contribution in [2.45, 2.75) is 25.0 Å². The molecule has 20 heavy (non-hydrogen) atoms. The molecule has 1 saturated heterocycles. The summed E-state index contributed by atoms with van der Waals surface area (Å²) in [6.07, 6.45) is 0.996. The number of β-amino-alcohol motifs (C(OH)–C–C–N with tert-alkyl or cyclic N) is 1. The molecule has 1 aliphatic heterocycles. The summed E-state index contributed by atoms with van der Waals surface area (Å²) in [5.74, 6) is 0.224. The van der Waals surface area contributed by atoms with Crippen molar-refractivity contribution in [3.8, 4) is 5.75 Å². The second kappa shape index (κ2) is 6.58. The quantitative estimate of drug-likeness (QED) is 0.634. The zero-order valence-electron chi connectivity index (χ0n) is 11.4.